The summed E-state index contributed by atoms with van der Waals surface area (Å²) in [5, 5.41) is 0. The molecule has 21 heavy (non-hydrogen) atoms. The monoisotopic (exact) mass is 289 g/mol. The van der Waals surface area contributed by atoms with E-state index < -0.39 is 0 Å². The number of hydrogen-bond donors (Lipinski definition) is 1. The molecule has 0 radical (unpaired) electrons. The van der Waals surface area contributed by atoms with E-state index in [1.807, 2.05) is 24.3 Å². The number of aliphatic imine (C=N–C) groups is 1. The van der Waals surface area contributed by atoms with Crippen LogP contribution in [0, 0.1) is 0 Å². The standard InChI is InChI=1S/C17H27N3O/c1-17(2,3)21-15-10-6-5-9-14(15)13-19-16(18)20-11-7-4-8-12-20/h5-6,9-10H,4,7-8,11-13H2,1-3H3,(H2,18,19). The summed E-state index contributed by atoms with van der Waals surface area (Å²) in [6, 6.07) is 8.04. The first kappa shape index (κ1) is 15.7. The Balaban J connectivity index is 2.05. The van der Waals surface area contributed by atoms with E-state index in [-0.39, 0.29) is 5.60 Å². The molecule has 0 amide bonds. The van der Waals surface area contributed by atoms with E-state index in [4.69, 9.17) is 10.5 Å². The van der Waals surface area contributed by atoms with Crippen molar-refractivity contribution in [3.8, 4) is 5.75 Å². The minimum Gasteiger partial charge on any atom is -0.488 e. The Morgan fingerprint density at radius 1 is 1.19 bits per heavy atom. The topological polar surface area (TPSA) is 50.9 Å². The van der Waals surface area contributed by atoms with Crippen LogP contribution in [0.1, 0.15) is 45.6 Å². The summed E-state index contributed by atoms with van der Waals surface area (Å²) in [6.45, 7) is 8.76. The summed E-state index contributed by atoms with van der Waals surface area (Å²) in [4.78, 5) is 6.73. The van der Waals surface area contributed by atoms with E-state index in [1.54, 1.807) is 0 Å². The summed E-state index contributed by atoms with van der Waals surface area (Å²) >= 11 is 0. The molecule has 0 spiro atoms. The Kier molecular flexibility index (Phi) is 5.10. The van der Waals surface area contributed by atoms with Crippen LogP contribution in [-0.4, -0.2) is 29.6 Å². The quantitative estimate of drug-likeness (QED) is 0.687. The van der Waals surface area contributed by atoms with Crippen LogP contribution < -0.4 is 10.5 Å². The maximum absolute atomic E-state index is 6.11. The number of benzene rings is 1. The highest BCUT2D eigenvalue weighted by atomic mass is 16.5. The summed E-state index contributed by atoms with van der Waals surface area (Å²) < 4.78 is 5.99. The second kappa shape index (κ2) is 6.83. The van der Waals surface area contributed by atoms with Gasteiger partial charge in [0.05, 0.1) is 6.54 Å². The molecule has 4 nitrogen and oxygen atoms in total. The van der Waals surface area contributed by atoms with Gasteiger partial charge in [-0.3, -0.25) is 0 Å². The number of ether oxygens (including phenoxy) is 1. The Morgan fingerprint density at radius 3 is 2.52 bits per heavy atom. The average molecular weight is 289 g/mol. The van der Waals surface area contributed by atoms with E-state index in [9.17, 15) is 0 Å². The van der Waals surface area contributed by atoms with Crippen molar-refractivity contribution in [1.29, 1.82) is 0 Å². The SMILES string of the molecule is CC(C)(C)Oc1ccccc1CN=C(N)N1CCCCC1. The fraction of sp³-hybridized carbons (Fsp3) is 0.588. The van der Waals surface area contributed by atoms with Gasteiger partial charge in [-0.2, -0.15) is 0 Å². The molecule has 0 aromatic heterocycles. The lowest BCUT2D eigenvalue weighted by Crippen LogP contribution is -2.40. The molecule has 4 heteroatoms. The molecule has 0 aliphatic carbocycles. The molecular formula is C17H27N3O. The van der Waals surface area contributed by atoms with Gasteiger partial charge in [-0.05, 0) is 46.1 Å². The molecule has 2 rings (SSSR count). The molecule has 0 unspecified atom stereocenters. The zero-order valence-corrected chi connectivity index (χ0v) is 13.4. The number of rotatable bonds is 3. The van der Waals surface area contributed by atoms with Gasteiger partial charge in [0.2, 0.25) is 0 Å². The second-order valence-corrected chi connectivity index (χ2v) is 6.54. The predicted octanol–water partition coefficient (Wildman–Crippen LogP) is 3.16. The van der Waals surface area contributed by atoms with Crippen molar-refractivity contribution < 1.29 is 4.74 Å². The molecule has 1 aromatic carbocycles. The van der Waals surface area contributed by atoms with Gasteiger partial charge in [0.1, 0.15) is 11.4 Å². The molecule has 116 valence electrons. The number of para-hydroxylation sites is 1. The maximum Gasteiger partial charge on any atom is 0.191 e. The predicted molar refractivity (Wildman–Crippen MR) is 87.6 cm³/mol. The highest BCUT2D eigenvalue weighted by Gasteiger charge is 2.15. The number of likely N-dealkylation sites (tertiary alicyclic amines) is 1. The van der Waals surface area contributed by atoms with Gasteiger partial charge in [0, 0.05) is 18.7 Å². The minimum atomic E-state index is -0.210. The van der Waals surface area contributed by atoms with Crippen molar-refractivity contribution in [3.63, 3.8) is 0 Å². The highest BCUT2D eigenvalue weighted by molar-refractivity contribution is 5.78. The van der Waals surface area contributed by atoms with Crippen LogP contribution in [0.3, 0.4) is 0 Å². The molecule has 1 aliphatic rings. The van der Waals surface area contributed by atoms with Gasteiger partial charge < -0.3 is 15.4 Å². The van der Waals surface area contributed by atoms with Crippen molar-refractivity contribution in [2.75, 3.05) is 13.1 Å². The Morgan fingerprint density at radius 2 is 1.86 bits per heavy atom. The number of hydrogen-bond acceptors (Lipinski definition) is 2. The van der Waals surface area contributed by atoms with Crippen molar-refractivity contribution in [2.45, 2.75) is 52.2 Å². The second-order valence-electron chi connectivity index (χ2n) is 6.54. The minimum absolute atomic E-state index is 0.210. The smallest absolute Gasteiger partial charge is 0.191 e. The molecule has 1 aromatic rings. The van der Waals surface area contributed by atoms with E-state index >= 15 is 0 Å². The van der Waals surface area contributed by atoms with Crippen LogP contribution in [0.5, 0.6) is 5.75 Å². The molecule has 1 aliphatic heterocycles. The lowest BCUT2D eigenvalue weighted by molar-refractivity contribution is 0.129. The Bertz CT molecular complexity index is 485. The van der Waals surface area contributed by atoms with Crippen LogP contribution >= 0.6 is 0 Å². The first-order chi connectivity index (χ1) is 9.96. The van der Waals surface area contributed by atoms with Crippen LogP contribution in [-0.2, 0) is 6.54 Å². The summed E-state index contributed by atoms with van der Waals surface area (Å²) in [6.07, 6.45) is 3.71. The van der Waals surface area contributed by atoms with Crippen LogP contribution in [0.2, 0.25) is 0 Å². The fourth-order valence-electron chi connectivity index (χ4n) is 2.45. The number of nitrogens with two attached hydrogens (primary N) is 1. The van der Waals surface area contributed by atoms with E-state index in [2.05, 4.69) is 30.7 Å². The number of guanidine groups is 1. The zero-order chi connectivity index (χ0) is 15.3. The molecule has 1 saturated heterocycles. The van der Waals surface area contributed by atoms with Crippen LogP contribution in [0.25, 0.3) is 0 Å². The third kappa shape index (κ3) is 4.96. The van der Waals surface area contributed by atoms with Gasteiger partial charge in [-0.15, -0.1) is 0 Å². The molecule has 1 heterocycles. The molecule has 2 N–H and O–H groups in total. The maximum atomic E-state index is 6.11. The third-order valence-electron chi connectivity index (χ3n) is 3.48. The lowest BCUT2D eigenvalue weighted by atomic mass is 10.1. The van der Waals surface area contributed by atoms with Crippen molar-refractivity contribution >= 4 is 5.96 Å². The van der Waals surface area contributed by atoms with E-state index in [0.717, 1.165) is 24.4 Å². The third-order valence-corrected chi connectivity index (χ3v) is 3.48. The molecule has 0 saturated carbocycles. The Hall–Kier alpha value is -1.71. The molecule has 1 fully saturated rings. The lowest BCUT2D eigenvalue weighted by Gasteiger charge is -2.27. The zero-order valence-electron chi connectivity index (χ0n) is 13.4. The average Bonchev–Trinajstić information content (AvgIpc) is 2.45. The van der Waals surface area contributed by atoms with Gasteiger partial charge in [-0.25, -0.2) is 4.99 Å². The first-order valence-electron chi connectivity index (χ1n) is 7.77. The van der Waals surface area contributed by atoms with Crippen molar-refractivity contribution in [1.82, 2.24) is 4.90 Å². The van der Waals surface area contributed by atoms with E-state index in [0.29, 0.717) is 12.5 Å². The largest absolute Gasteiger partial charge is 0.488 e. The van der Waals surface area contributed by atoms with Gasteiger partial charge in [0.25, 0.3) is 0 Å². The fourth-order valence-corrected chi connectivity index (χ4v) is 2.45. The van der Waals surface area contributed by atoms with Crippen LogP contribution in [0.4, 0.5) is 0 Å². The van der Waals surface area contributed by atoms with Gasteiger partial charge in [-0.1, -0.05) is 18.2 Å². The number of piperidine rings is 1. The van der Waals surface area contributed by atoms with Crippen molar-refractivity contribution in [3.05, 3.63) is 29.8 Å². The van der Waals surface area contributed by atoms with Crippen molar-refractivity contribution in [2.24, 2.45) is 10.7 Å². The van der Waals surface area contributed by atoms with Gasteiger partial charge in [0.15, 0.2) is 5.96 Å². The summed E-state index contributed by atoms with van der Waals surface area (Å²) in [5.74, 6) is 1.54. The summed E-state index contributed by atoms with van der Waals surface area (Å²) in [5.41, 5.74) is 6.97. The summed E-state index contributed by atoms with van der Waals surface area (Å²) in [7, 11) is 0. The van der Waals surface area contributed by atoms with Crippen LogP contribution in [0.15, 0.2) is 29.3 Å². The van der Waals surface area contributed by atoms with E-state index in [1.165, 1.54) is 19.3 Å². The first-order valence-corrected chi connectivity index (χ1v) is 7.77. The van der Waals surface area contributed by atoms with Gasteiger partial charge >= 0.3 is 0 Å². The number of nitrogens with zero attached hydrogens (tertiary/aromatic N) is 2. The molecular weight excluding hydrogens is 262 g/mol. The molecule has 0 bridgehead atoms. The Labute approximate surface area is 128 Å². The normalized spacial score (nSPS) is 16.9. The molecule has 0 atom stereocenters. The highest BCUT2D eigenvalue weighted by Crippen LogP contribution is 2.23.